The average molecular weight is 317 g/mol. The van der Waals surface area contributed by atoms with E-state index in [1.54, 1.807) is 24.3 Å². The Bertz CT molecular complexity index is 693. The van der Waals surface area contributed by atoms with Crippen LogP contribution >= 0.6 is 0 Å². The fourth-order valence-corrected chi connectivity index (χ4v) is 2.28. The second-order valence-corrected chi connectivity index (χ2v) is 5.07. The molecule has 0 aliphatic carbocycles. The summed E-state index contributed by atoms with van der Waals surface area (Å²) in [5.74, 6) is 0.315. The summed E-state index contributed by atoms with van der Waals surface area (Å²) in [7, 11) is 0. The number of nitrogens with zero attached hydrogens (tertiary/aromatic N) is 1. The van der Waals surface area contributed by atoms with E-state index in [-0.39, 0.29) is 25.4 Å². The highest BCUT2D eigenvalue weighted by Gasteiger charge is 2.39. The maximum atomic E-state index is 12.2. The van der Waals surface area contributed by atoms with Gasteiger partial charge in [0.1, 0.15) is 17.6 Å². The summed E-state index contributed by atoms with van der Waals surface area (Å²) < 4.78 is 10.2. The van der Waals surface area contributed by atoms with Gasteiger partial charge in [0, 0.05) is 0 Å². The Balaban J connectivity index is 1.53. The van der Waals surface area contributed by atoms with Crippen molar-refractivity contribution in [3.05, 3.63) is 48.3 Å². The second-order valence-electron chi connectivity index (χ2n) is 5.07. The fourth-order valence-electron chi connectivity index (χ4n) is 2.28. The quantitative estimate of drug-likeness (QED) is 0.773. The van der Waals surface area contributed by atoms with Crippen molar-refractivity contribution in [1.29, 1.82) is 0 Å². The first kappa shape index (κ1) is 14.9. The number of urea groups is 1. The molecule has 23 heavy (non-hydrogen) atoms. The van der Waals surface area contributed by atoms with Gasteiger partial charge in [-0.1, -0.05) is 0 Å². The van der Waals surface area contributed by atoms with E-state index in [0.29, 0.717) is 11.5 Å². The molecule has 8 heteroatoms. The van der Waals surface area contributed by atoms with Crippen LogP contribution in [-0.4, -0.2) is 28.8 Å². The number of carbonyl (C=O) groups excluding carboxylic acids is 3. The van der Waals surface area contributed by atoms with E-state index >= 15 is 0 Å². The number of nitrogens with one attached hydrogen (secondary N) is 2. The first-order chi connectivity index (χ1) is 11.1. The first-order valence-electron chi connectivity index (χ1n) is 7.07. The predicted octanol–water partition coefficient (Wildman–Crippen LogP) is 0.999. The number of amides is 4. The summed E-state index contributed by atoms with van der Waals surface area (Å²) in [4.78, 5) is 37.0. The Morgan fingerprint density at radius 1 is 1.17 bits per heavy atom. The summed E-state index contributed by atoms with van der Waals surface area (Å²) in [5.41, 5.74) is 0. The normalized spacial score (nSPS) is 17.4. The lowest BCUT2D eigenvalue weighted by molar-refractivity contribution is -0.131. The molecule has 0 spiro atoms. The molecule has 4 amide bonds. The highest BCUT2D eigenvalue weighted by atomic mass is 16.3. The lowest BCUT2D eigenvalue weighted by atomic mass is 10.2. The maximum Gasteiger partial charge on any atom is 0.325 e. The van der Waals surface area contributed by atoms with Crippen molar-refractivity contribution < 1.29 is 23.2 Å². The van der Waals surface area contributed by atoms with E-state index in [2.05, 4.69) is 10.6 Å². The minimum Gasteiger partial charge on any atom is -0.467 e. The van der Waals surface area contributed by atoms with Crippen molar-refractivity contribution >= 4 is 17.8 Å². The summed E-state index contributed by atoms with van der Waals surface area (Å²) >= 11 is 0. The van der Waals surface area contributed by atoms with Crippen LogP contribution in [0.4, 0.5) is 4.79 Å². The number of imide groups is 1. The molecular formula is C15H15N3O5. The van der Waals surface area contributed by atoms with Crippen LogP contribution in [0.2, 0.25) is 0 Å². The molecule has 8 nitrogen and oxygen atoms in total. The van der Waals surface area contributed by atoms with Gasteiger partial charge >= 0.3 is 6.03 Å². The summed E-state index contributed by atoms with van der Waals surface area (Å²) in [5, 5.41) is 5.14. The number of rotatable bonds is 6. The maximum absolute atomic E-state index is 12.2. The molecule has 0 unspecified atom stereocenters. The lowest BCUT2D eigenvalue weighted by Crippen LogP contribution is -2.36. The molecular weight excluding hydrogens is 302 g/mol. The van der Waals surface area contributed by atoms with Crippen LogP contribution in [0, 0.1) is 0 Å². The molecule has 3 rings (SSSR count). The van der Waals surface area contributed by atoms with Crippen molar-refractivity contribution in [3.63, 3.8) is 0 Å². The molecule has 2 aromatic rings. The Kier molecular flexibility index (Phi) is 4.13. The number of hydrogen-bond donors (Lipinski definition) is 2. The van der Waals surface area contributed by atoms with Crippen molar-refractivity contribution in [2.24, 2.45) is 0 Å². The van der Waals surface area contributed by atoms with Gasteiger partial charge in [0.2, 0.25) is 5.91 Å². The average Bonchev–Trinajstić information content (AvgIpc) is 3.25. The zero-order valence-corrected chi connectivity index (χ0v) is 12.2. The lowest BCUT2D eigenvalue weighted by Gasteiger charge is -2.11. The van der Waals surface area contributed by atoms with E-state index in [0.717, 1.165) is 4.90 Å². The third kappa shape index (κ3) is 3.42. The molecule has 120 valence electrons. The van der Waals surface area contributed by atoms with Crippen LogP contribution in [0.25, 0.3) is 0 Å². The first-order valence-corrected chi connectivity index (χ1v) is 7.07. The van der Waals surface area contributed by atoms with Crippen molar-refractivity contribution in [3.8, 4) is 0 Å². The summed E-state index contributed by atoms with van der Waals surface area (Å²) in [6.45, 7) is 0.277. The van der Waals surface area contributed by atoms with Crippen LogP contribution in [0.5, 0.6) is 0 Å². The third-order valence-corrected chi connectivity index (χ3v) is 3.43. The molecule has 2 N–H and O–H groups in total. The molecule has 0 radical (unpaired) electrons. The van der Waals surface area contributed by atoms with E-state index in [9.17, 15) is 14.4 Å². The smallest absolute Gasteiger partial charge is 0.325 e. The van der Waals surface area contributed by atoms with Crippen LogP contribution in [-0.2, 0) is 22.7 Å². The molecule has 1 aliphatic rings. The molecule has 1 saturated heterocycles. The molecule has 1 atom stereocenters. The van der Waals surface area contributed by atoms with Gasteiger partial charge in [0.05, 0.1) is 32.0 Å². The topological polar surface area (TPSA) is 105 Å². The monoisotopic (exact) mass is 317 g/mol. The number of hydrogen-bond acceptors (Lipinski definition) is 5. The molecule has 0 bridgehead atoms. The van der Waals surface area contributed by atoms with Gasteiger partial charge in [-0.15, -0.1) is 0 Å². The van der Waals surface area contributed by atoms with Crippen molar-refractivity contribution in [2.75, 3.05) is 0 Å². The Labute approximate surface area is 131 Å². The van der Waals surface area contributed by atoms with Gasteiger partial charge in [-0.2, -0.15) is 0 Å². The third-order valence-electron chi connectivity index (χ3n) is 3.43. The Hall–Kier alpha value is -3.03. The minimum absolute atomic E-state index is 0.0438. The molecule has 0 saturated carbocycles. The molecule has 3 heterocycles. The van der Waals surface area contributed by atoms with Crippen LogP contribution in [0.3, 0.4) is 0 Å². The highest BCUT2D eigenvalue weighted by Crippen LogP contribution is 2.14. The van der Waals surface area contributed by atoms with Gasteiger partial charge in [-0.05, 0) is 24.3 Å². The molecule has 0 aromatic carbocycles. The van der Waals surface area contributed by atoms with Crippen molar-refractivity contribution in [1.82, 2.24) is 15.5 Å². The second kappa shape index (κ2) is 6.39. The standard InChI is InChI=1S/C15H15N3O5/c19-13(16-8-10-3-1-5-22-10)7-12-14(20)18(15(21)17-12)9-11-4-2-6-23-11/h1-6,12H,7-9H2,(H,16,19)(H,17,21)/t12-/m0/s1. The molecule has 1 aliphatic heterocycles. The molecule has 2 aromatic heterocycles. The largest absolute Gasteiger partial charge is 0.467 e. The zero-order chi connectivity index (χ0) is 16.2. The Morgan fingerprint density at radius 2 is 1.87 bits per heavy atom. The zero-order valence-electron chi connectivity index (χ0n) is 12.2. The fraction of sp³-hybridized carbons (Fsp3) is 0.267. The van der Waals surface area contributed by atoms with E-state index in [1.165, 1.54) is 12.5 Å². The van der Waals surface area contributed by atoms with E-state index in [4.69, 9.17) is 8.83 Å². The predicted molar refractivity (Wildman–Crippen MR) is 76.7 cm³/mol. The summed E-state index contributed by atoms with van der Waals surface area (Å²) in [6.07, 6.45) is 2.85. The number of carbonyl (C=O) groups is 3. The highest BCUT2D eigenvalue weighted by molar-refractivity contribution is 6.05. The van der Waals surface area contributed by atoms with Gasteiger partial charge < -0.3 is 19.5 Å². The minimum atomic E-state index is -0.867. The van der Waals surface area contributed by atoms with E-state index < -0.39 is 18.0 Å². The SMILES string of the molecule is O=C(C[C@@H]1NC(=O)N(Cc2ccco2)C1=O)NCc1ccco1. The van der Waals surface area contributed by atoms with Gasteiger partial charge in [-0.25, -0.2) is 4.79 Å². The van der Waals surface area contributed by atoms with Crippen LogP contribution in [0.15, 0.2) is 45.6 Å². The number of furan rings is 2. The van der Waals surface area contributed by atoms with Gasteiger partial charge in [0.25, 0.3) is 5.91 Å². The Morgan fingerprint density at radius 3 is 2.52 bits per heavy atom. The van der Waals surface area contributed by atoms with Crippen LogP contribution < -0.4 is 10.6 Å². The van der Waals surface area contributed by atoms with Crippen LogP contribution in [0.1, 0.15) is 17.9 Å². The molecule has 1 fully saturated rings. The summed E-state index contributed by atoms with van der Waals surface area (Å²) in [6, 6.07) is 5.39. The van der Waals surface area contributed by atoms with E-state index in [1.807, 2.05) is 0 Å². The van der Waals surface area contributed by atoms with Gasteiger partial charge in [-0.3, -0.25) is 14.5 Å². The van der Waals surface area contributed by atoms with Gasteiger partial charge in [0.15, 0.2) is 0 Å². The van der Waals surface area contributed by atoms with Crippen molar-refractivity contribution in [2.45, 2.75) is 25.6 Å².